The van der Waals surface area contributed by atoms with Crippen LogP contribution in [0.4, 0.5) is 5.82 Å². The maximum absolute atomic E-state index is 12.6. The molecule has 0 aliphatic carbocycles. The van der Waals surface area contributed by atoms with E-state index >= 15 is 0 Å². The van der Waals surface area contributed by atoms with E-state index in [1.807, 2.05) is 13.1 Å². The van der Waals surface area contributed by atoms with Crippen LogP contribution in [0.3, 0.4) is 0 Å². The number of rotatable bonds is 3. The van der Waals surface area contributed by atoms with Gasteiger partial charge in [0.05, 0.1) is 0 Å². The number of nitrogens with zero attached hydrogens (tertiary/aromatic N) is 4. The molecule has 2 saturated heterocycles. The van der Waals surface area contributed by atoms with Crippen LogP contribution in [-0.2, 0) is 10.0 Å². The number of likely N-dealkylation sites (N-methyl/N-ethyl adjacent to an activating group) is 1. The molecule has 0 aromatic carbocycles. The zero-order chi connectivity index (χ0) is 14.9. The Labute approximate surface area is 126 Å². The summed E-state index contributed by atoms with van der Waals surface area (Å²) in [4.78, 5) is 8.99. The van der Waals surface area contributed by atoms with Crippen molar-refractivity contribution in [3.8, 4) is 0 Å². The summed E-state index contributed by atoms with van der Waals surface area (Å²) in [6.07, 6.45) is 3.87. The van der Waals surface area contributed by atoms with Gasteiger partial charge in [-0.2, -0.15) is 4.31 Å². The number of anilines is 1. The molecule has 1 aromatic rings. The number of hydrogen-bond acceptors (Lipinski definition) is 5. The summed E-state index contributed by atoms with van der Waals surface area (Å²) < 4.78 is 26.7. The molecule has 0 atom stereocenters. The average Bonchev–Trinajstić information content (AvgIpc) is 3.02. The quantitative estimate of drug-likeness (QED) is 0.819. The van der Waals surface area contributed by atoms with E-state index in [0.29, 0.717) is 18.0 Å². The Morgan fingerprint density at radius 2 is 1.67 bits per heavy atom. The van der Waals surface area contributed by atoms with Gasteiger partial charge in [-0.3, -0.25) is 0 Å². The van der Waals surface area contributed by atoms with E-state index in [-0.39, 0.29) is 0 Å². The van der Waals surface area contributed by atoms with Crippen molar-refractivity contribution < 1.29 is 8.42 Å². The molecule has 2 aliphatic rings. The molecule has 2 fully saturated rings. The lowest BCUT2D eigenvalue weighted by atomic mass is 10.4. The van der Waals surface area contributed by atoms with Crippen LogP contribution < -0.4 is 4.90 Å². The summed E-state index contributed by atoms with van der Waals surface area (Å²) in [5.41, 5.74) is 0. The van der Waals surface area contributed by atoms with Crippen molar-refractivity contribution >= 4 is 15.8 Å². The molecule has 0 radical (unpaired) electrons. The fourth-order valence-electron chi connectivity index (χ4n) is 2.84. The number of piperazine rings is 1. The fourth-order valence-corrected chi connectivity index (χ4v) is 4.20. The third-order valence-electron chi connectivity index (χ3n) is 4.25. The average molecular weight is 310 g/mol. The second kappa shape index (κ2) is 5.90. The first-order valence-corrected chi connectivity index (χ1v) is 8.91. The minimum Gasteiger partial charge on any atom is -0.357 e. The Morgan fingerprint density at radius 1 is 1.00 bits per heavy atom. The Balaban J connectivity index is 1.76. The van der Waals surface area contributed by atoms with Gasteiger partial charge in [0.15, 0.2) is 0 Å². The Bertz CT molecular complexity index is 573. The first kappa shape index (κ1) is 14.7. The number of hydrogen-bond donors (Lipinski definition) is 0. The molecular formula is C14H22N4O2S. The summed E-state index contributed by atoms with van der Waals surface area (Å²) in [5.74, 6) is 0.879. The standard InChI is InChI=1S/C14H22N4O2S/c1-16-8-10-18(11-9-16)21(19,20)13-4-5-14(15-12-13)17-6-2-3-7-17/h4-5,12H,2-3,6-11H2,1H3. The van der Waals surface area contributed by atoms with E-state index in [1.54, 1.807) is 10.4 Å². The number of pyridine rings is 1. The van der Waals surface area contributed by atoms with E-state index in [9.17, 15) is 8.42 Å². The van der Waals surface area contributed by atoms with Crippen molar-refractivity contribution in [3.05, 3.63) is 18.3 Å². The zero-order valence-corrected chi connectivity index (χ0v) is 13.2. The van der Waals surface area contributed by atoms with Crippen molar-refractivity contribution in [2.75, 3.05) is 51.2 Å². The highest BCUT2D eigenvalue weighted by Gasteiger charge is 2.27. The summed E-state index contributed by atoms with van der Waals surface area (Å²) in [6, 6.07) is 3.52. The van der Waals surface area contributed by atoms with E-state index in [4.69, 9.17) is 0 Å². The SMILES string of the molecule is CN1CCN(S(=O)(=O)c2ccc(N3CCCC3)nc2)CC1. The molecule has 0 N–H and O–H groups in total. The van der Waals surface area contributed by atoms with Crippen LogP contribution in [0.15, 0.2) is 23.2 Å². The first-order chi connectivity index (χ1) is 10.1. The van der Waals surface area contributed by atoms with Crippen LogP contribution in [0.2, 0.25) is 0 Å². The van der Waals surface area contributed by atoms with E-state index in [2.05, 4.69) is 14.8 Å². The zero-order valence-electron chi connectivity index (χ0n) is 12.4. The van der Waals surface area contributed by atoms with E-state index in [0.717, 1.165) is 32.0 Å². The maximum Gasteiger partial charge on any atom is 0.244 e. The molecular weight excluding hydrogens is 288 g/mol. The van der Waals surface area contributed by atoms with Gasteiger partial charge in [-0.25, -0.2) is 13.4 Å². The van der Waals surface area contributed by atoms with Crippen molar-refractivity contribution in [2.45, 2.75) is 17.7 Å². The third kappa shape index (κ3) is 3.04. The molecule has 0 saturated carbocycles. The Kier molecular flexibility index (Phi) is 4.14. The van der Waals surface area contributed by atoms with Crippen LogP contribution in [0, 0.1) is 0 Å². The molecule has 2 aliphatic heterocycles. The highest BCUT2D eigenvalue weighted by molar-refractivity contribution is 7.89. The smallest absolute Gasteiger partial charge is 0.244 e. The summed E-state index contributed by atoms with van der Waals surface area (Å²) in [7, 11) is -1.39. The molecule has 1 aromatic heterocycles. The van der Waals surface area contributed by atoms with E-state index in [1.165, 1.54) is 19.0 Å². The molecule has 6 nitrogen and oxygen atoms in total. The number of aromatic nitrogens is 1. The monoisotopic (exact) mass is 310 g/mol. The second-order valence-corrected chi connectivity index (χ2v) is 7.69. The Morgan fingerprint density at radius 3 is 2.24 bits per heavy atom. The van der Waals surface area contributed by atoms with Crippen molar-refractivity contribution in [3.63, 3.8) is 0 Å². The van der Waals surface area contributed by atoms with Crippen LogP contribution in [0.25, 0.3) is 0 Å². The van der Waals surface area contributed by atoms with Gasteiger partial charge in [-0.15, -0.1) is 0 Å². The second-order valence-electron chi connectivity index (χ2n) is 5.75. The lowest BCUT2D eigenvalue weighted by molar-refractivity contribution is 0.222. The predicted molar refractivity (Wildman–Crippen MR) is 81.9 cm³/mol. The normalized spacial score (nSPS) is 21.9. The largest absolute Gasteiger partial charge is 0.357 e. The molecule has 0 bridgehead atoms. The lowest BCUT2D eigenvalue weighted by Crippen LogP contribution is -2.47. The van der Waals surface area contributed by atoms with Crippen LogP contribution in [0.1, 0.15) is 12.8 Å². The summed E-state index contributed by atoms with van der Waals surface area (Å²) in [5, 5.41) is 0. The molecule has 3 heterocycles. The van der Waals surface area contributed by atoms with Gasteiger partial charge >= 0.3 is 0 Å². The molecule has 3 rings (SSSR count). The van der Waals surface area contributed by atoms with Gasteiger partial charge in [-0.1, -0.05) is 0 Å². The molecule has 0 amide bonds. The minimum atomic E-state index is -3.40. The molecule has 0 spiro atoms. The predicted octanol–water partition coefficient (Wildman–Crippen LogP) is 0.618. The van der Waals surface area contributed by atoms with Gasteiger partial charge in [0, 0.05) is 45.5 Å². The third-order valence-corrected chi connectivity index (χ3v) is 6.13. The van der Waals surface area contributed by atoms with Crippen LogP contribution in [0.5, 0.6) is 0 Å². The van der Waals surface area contributed by atoms with Crippen molar-refractivity contribution in [2.24, 2.45) is 0 Å². The van der Waals surface area contributed by atoms with Crippen molar-refractivity contribution in [1.29, 1.82) is 0 Å². The van der Waals surface area contributed by atoms with Gasteiger partial charge in [0.2, 0.25) is 10.0 Å². The summed E-state index contributed by atoms with van der Waals surface area (Å²) >= 11 is 0. The molecule has 0 unspecified atom stereocenters. The van der Waals surface area contributed by atoms with Gasteiger partial charge < -0.3 is 9.80 Å². The summed E-state index contributed by atoms with van der Waals surface area (Å²) in [6.45, 7) is 4.67. The topological polar surface area (TPSA) is 56.8 Å². The van der Waals surface area contributed by atoms with Crippen molar-refractivity contribution in [1.82, 2.24) is 14.2 Å². The minimum absolute atomic E-state index is 0.301. The first-order valence-electron chi connectivity index (χ1n) is 7.47. The van der Waals surface area contributed by atoms with Crippen LogP contribution in [-0.4, -0.2) is 68.9 Å². The maximum atomic E-state index is 12.6. The van der Waals surface area contributed by atoms with Gasteiger partial charge in [0.1, 0.15) is 10.7 Å². The van der Waals surface area contributed by atoms with E-state index < -0.39 is 10.0 Å². The highest BCUT2D eigenvalue weighted by atomic mass is 32.2. The molecule has 21 heavy (non-hydrogen) atoms. The number of sulfonamides is 1. The molecule has 116 valence electrons. The van der Waals surface area contributed by atoms with Gasteiger partial charge in [-0.05, 0) is 32.0 Å². The lowest BCUT2D eigenvalue weighted by Gasteiger charge is -2.31. The Hall–Kier alpha value is -1.18. The fraction of sp³-hybridized carbons (Fsp3) is 0.643. The van der Waals surface area contributed by atoms with Crippen LogP contribution >= 0.6 is 0 Å². The molecule has 7 heteroatoms. The van der Waals surface area contributed by atoms with Gasteiger partial charge in [0.25, 0.3) is 0 Å². The highest BCUT2D eigenvalue weighted by Crippen LogP contribution is 2.21.